The highest BCUT2D eigenvalue weighted by Gasteiger charge is 2.39. The van der Waals surface area contributed by atoms with Crippen LogP contribution in [0.2, 0.25) is 0 Å². The molecular weight excluding hydrogens is 819 g/mol. The maximum Gasteiger partial charge on any atom is 0.419 e. The van der Waals surface area contributed by atoms with E-state index in [1.807, 2.05) is 91.0 Å². The average molecular weight is 840 g/mol. The Balaban J connectivity index is 1.15. The number of thiophene rings is 4. The van der Waals surface area contributed by atoms with Gasteiger partial charge in [0.1, 0.15) is 63.5 Å². The quantitative estimate of drug-likeness (QED) is 0.157. The minimum atomic E-state index is -0.602. The number of carbonyl (C=O) groups excluding carboxylic acids is 3. The maximum absolute atomic E-state index is 14.4. The lowest BCUT2D eigenvalue weighted by atomic mass is 9.96. The van der Waals surface area contributed by atoms with Crippen molar-refractivity contribution in [3.8, 4) is 24.3 Å². The van der Waals surface area contributed by atoms with Crippen molar-refractivity contribution < 1.29 is 19.1 Å². The van der Waals surface area contributed by atoms with Crippen LogP contribution in [0, 0.1) is 45.3 Å². The van der Waals surface area contributed by atoms with Crippen LogP contribution >= 0.6 is 45.3 Å². The number of aromatic nitrogens is 1. The fourth-order valence-corrected chi connectivity index (χ4v) is 12.9. The number of hydrogen-bond donors (Lipinski definition) is 0. The number of aliphatic imine (C=N–C) groups is 2. The molecule has 2 fully saturated rings. The van der Waals surface area contributed by atoms with Crippen molar-refractivity contribution >= 4 is 124 Å². The van der Waals surface area contributed by atoms with Crippen LogP contribution in [0.3, 0.4) is 0 Å². The zero-order valence-electron chi connectivity index (χ0n) is 30.3. The van der Waals surface area contributed by atoms with Gasteiger partial charge in [-0.1, -0.05) is 54.6 Å². The highest BCUT2D eigenvalue weighted by atomic mass is 32.1. The molecule has 0 saturated heterocycles. The lowest BCUT2D eigenvalue weighted by Crippen LogP contribution is -2.13. The second kappa shape index (κ2) is 14.1. The Hall–Kier alpha value is -7.11. The van der Waals surface area contributed by atoms with Crippen LogP contribution in [0.1, 0.15) is 31.2 Å². The zero-order chi connectivity index (χ0) is 40.5. The summed E-state index contributed by atoms with van der Waals surface area (Å²) >= 11 is 5.55. The number of nitrogens with zero attached hydrogens (tertiary/aromatic N) is 7. The number of hydrogen-bond acceptors (Lipinski definition) is 14. The molecule has 0 atom stereocenters. The third-order valence-corrected chi connectivity index (χ3v) is 15.1. The van der Waals surface area contributed by atoms with Crippen LogP contribution in [0.5, 0.6) is 0 Å². The molecule has 0 N–H and O–H groups in total. The first-order valence-corrected chi connectivity index (χ1v) is 21.4. The molecule has 0 unspecified atom stereocenters. The molecule has 2 saturated carbocycles. The average Bonchev–Trinajstić information content (AvgIpc) is 4.12. The van der Waals surface area contributed by atoms with E-state index in [1.165, 1.54) is 45.3 Å². The van der Waals surface area contributed by atoms with Crippen LogP contribution in [-0.4, -0.2) is 33.7 Å². The number of allylic oxidation sites excluding steroid dienone is 12. The van der Waals surface area contributed by atoms with Crippen molar-refractivity contribution in [1.82, 2.24) is 4.57 Å². The summed E-state index contributed by atoms with van der Waals surface area (Å²) < 4.78 is 12.4. The number of ketones is 2. The molecule has 6 aromatic rings. The van der Waals surface area contributed by atoms with E-state index < -0.39 is 6.09 Å². The fourth-order valence-electron chi connectivity index (χ4n) is 7.84. The predicted molar refractivity (Wildman–Crippen MR) is 229 cm³/mol. The lowest BCUT2D eigenvalue weighted by molar-refractivity contribution is -0.110. The fraction of sp³-hybridized carbons (Fsp3) is 0.114. The van der Waals surface area contributed by atoms with E-state index in [-0.39, 0.29) is 51.9 Å². The Kier molecular flexibility index (Phi) is 8.64. The molecule has 280 valence electrons. The van der Waals surface area contributed by atoms with Gasteiger partial charge < -0.3 is 4.74 Å². The summed E-state index contributed by atoms with van der Waals surface area (Å²) in [6.45, 7) is 0.0280. The molecule has 0 spiro atoms. The summed E-state index contributed by atoms with van der Waals surface area (Å²) in [4.78, 5) is 51.2. The summed E-state index contributed by atoms with van der Waals surface area (Å²) in [6, 6.07) is 20.8. The van der Waals surface area contributed by atoms with Crippen molar-refractivity contribution in [2.45, 2.75) is 32.3 Å². The summed E-state index contributed by atoms with van der Waals surface area (Å²) in [7, 11) is 0. The molecule has 0 aliphatic heterocycles. The molecule has 4 aliphatic carbocycles. The number of Topliss-reactive ketones (excluding diaryl/α,β-unsaturated/α-hetero) is 2. The normalized spacial score (nSPS) is 17.4. The van der Waals surface area contributed by atoms with Crippen molar-refractivity contribution in [2.75, 3.05) is 0 Å². The largest absolute Gasteiger partial charge is 0.444 e. The second-order valence-electron chi connectivity index (χ2n) is 13.6. The Morgan fingerprint density at radius 3 is 1.51 bits per heavy atom. The van der Waals surface area contributed by atoms with Crippen LogP contribution in [0.4, 0.5) is 14.8 Å². The third-order valence-electron chi connectivity index (χ3n) is 10.3. The van der Waals surface area contributed by atoms with E-state index in [9.17, 15) is 35.4 Å². The molecule has 5 aromatic heterocycles. The van der Waals surface area contributed by atoms with E-state index in [0.717, 1.165) is 33.8 Å². The number of ether oxygens (including phenoxy) is 1. The Labute approximate surface area is 349 Å². The van der Waals surface area contributed by atoms with Crippen LogP contribution in [0.15, 0.2) is 121 Å². The zero-order valence-corrected chi connectivity index (χ0v) is 33.5. The van der Waals surface area contributed by atoms with Gasteiger partial charge in [-0.3, -0.25) is 9.59 Å². The van der Waals surface area contributed by atoms with E-state index in [1.54, 1.807) is 4.57 Å². The number of nitriles is 4. The van der Waals surface area contributed by atoms with Gasteiger partial charge in [0, 0.05) is 22.3 Å². The second-order valence-corrected chi connectivity index (χ2v) is 17.8. The third kappa shape index (κ3) is 5.56. The number of fused-ring (bicyclic) bond motifs is 9. The van der Waals surface area contributed by atoms with Crippen molar-refractivity contribution in [1.29, 1.82) is 21.0 Å². The van der Waals surface area contributed by atoms with Gasteiger partial charge in [0.25, 0.3) is 0 Å². The smallest absolute Gasteiger partial charge is 0.419 e. The Morgan fingerprint density at radius 1 is 0.627 bits per heavy atom. The highest BCUT2D eigenvalue weighted by molar-refractivity contribution is 7.39. The predicted octanol–water partition coefficient (Wildman–Crippen LogP) is 10.8. The Morgan fingerprint density at radius 2 is 1.07 bits per heavy atom. The van der Waals surface area contributed by atoms with Gasteiger partial charge >= 0.3 is 6.09 Å². The van der Waals surface area contributed by atoms with E-state index in [0.29, 0.717) is 69.0 Å². The maximum atomic E-state index is 14.4. The summed E-state index contributed by atoms with van der Waals surface area (Å²) in [5.74, 6) is -0.677. The van der Waals surface area contributed by atoms with Crippen LogP contribution in [-0.2, 0) is 20.9 Å². The van der Waals surface area contributed by atoms with Crippen molar-refractivity contribution in [2.24, 2.45) is 9.98 Å². The first kappa shape index (κ1) is 36.2. The van der Waals surface area contributed by atoms with Crippen LogP contribution in [0.25, 0.3) is 39.2 Å². The Bertz CT molecular complexity index is 3200. The highest BCUT2D eigenvalue weighted by Crippen LogP contribution is 2.53. The molecule has 1 aromatic carbocycles. The first-order chi connectivity index (χ1) is 28.8. The minimum absolute atomic E-state index is 0.0280. The van der Waals surface area contributed by atoms with E-state index in [4.69, 9.17) is 14.7 Å². The molecule has 0 bridgehead atoms. The standard InChI is InChI=1S/C44H21N7O4S4/c45-16-22(17-46)32-24-10-4-6-12-26(24)38(52)34(32)49-30-14-28-40(58-30)36-42(56-28)43-37(51(36)44(54)55-20-21-8-2-1-3-9-21)41-29(57-43)15-31(59-41)50-35-33(23(18-47)19-48)25-11-5-7-13-27(25)39(35)53/h1-3,8-15H,4-7,20H2/b49-34-,50-35+. The topological polar surface area (TPSA) is 185 Å². The summed E-state index contributed by atoms with van der Waals surface area (Å²) in [5.41, 5.74) is 4.29. The van der Waals surface area contributed by atoms with Gasteiger partial charge in [0.2, 0.25) is 11.6 Å². The molecule has 0 radical (unpaired) electrons. The molecule has 59 heavy (non-hydrogen) atoms. The summed E-state index contributed by atoms with van der Waals surface area (Å²) in [6.07, 6.45) is 9.49. The van der Waals surface area contributed by atoms with Gasteiger partial charge in [0.15, 0.2) is 0 Å². The molecule has 4 aliphatic rings. The minimum Gasteiger partial charge on any atom is -0.444 e. The van der Waals surface area contributed by atoms with Gasteiger partial charge in [-0.15, -0.1) is 45.3 Å². The summed E-state index contributed by atoms with van der Waals surface area (Å²) in [5, 5.41) is 40.2. The number of benzene rings is 1. The van der Waals surface area contributed by atoms with Gasteiger partial charge in [0.05, 0.1) is 39.2 Å². The van der Waals surface area contributed by atoms with E-state index in [2.05, 4.69) is 0 Å². The van der Waals surface area contributed by atoms with Crippen LogP contribution < -0.4 is 0 Å². The van der Waals surface area contributed by atoms with Crippen molar-refractivity contribution in [3.05, 3.63) is 117 Å². The molecule has 0 amide bonds. The van der Waals surface area contributed by atoms with Gasteiger partial charge in [-0.05, 0) is 54.5 Å². The molecular formula is C44H21N7O4S4. The molecule has 11 nitrogen and oxygen atoms in total. The van der Waals surface area contributed by atoms with Gasteiger partial charge in [-0.25, -0.2) is 19.3 Å². The first-order valence-electron chi connectivity index (χ1n) is 18.2. The lowest BCUT2D eigenvalue weighted by Gasteiger charge is -2.07. The molecule has 15 heteroatoms. The SMILES string of the molecule is N#CC(C#N)=C1C2=CCCC=C2C(=O)/C1=N\c1cc2sc3c4sc5cc(/N=C6/C(=O)C7=CCCC=C7C6=C(C#N)C#N)sc5c4n(C(=O)OCc4ccccc4)c3c2s1. The molecule has 10 rings (SSSR count). The number of rotatable bonds is 4. The van der Waals surface area contributed by atoms with Crippen molar-refractivity contribution in [3.63, 3.8) is 0 Å². The number of carbonyl (C=O) groups is 3. The van der Waals surface area contributed by atoms with Gasteiger partial charge in [-0.2, -0.15) is 21.0 Å². The monoisotopic (exact) mass is 839 g/mol. The van der Waals surface area contributed by atoms with E-state index >= 15 is 0 Å². The molecule has 5 heterocycles.